The zero-order valence-electron chi connectivity index (χ0n) is 20.1. The van der Waals surface area contributed by atoms with Crippen LogP contribution < -0.4 is 24.8 Å². The van der Waals surface area contributed by atoms with Crippen molar-refractivity contribution in [1.29, 1.82) is 0 Å². The number of rotatable bonds is 9. The average molecular weight is 487 g/mol. The van der Waals surface area contributed by atoms with E-state index in [4.69, 9.17) is 26.4 Å². The third-order valence-corrected chi connectivity index (χ3v) is 6.15. The Labute approximate surface area is 207 Å². The number of ether oxygens (including phenoxy) is 3. The molecular weight excluding hydrogens is 452 g/mol. The molecule has 0 aromatic heterocycles. The van der Waals surface area contributed by atoms with E-state index < -0.39 is 0 Å². The second-order valence-corrected chi connectivity index (χ2v) is 8.46. The summed E-state index contributed by atoms with van der Waals surface area (Å²) in [5, 5.41) is 7.04. The van der Waals surface area contributed by atoms with Gasteiger partial charge in [0.2, 0.25) is 11.7 Å². The number of hydrogen-bond donors (Lipinski definition) is 2. The van der Waals surface area contributed by atoms with Crippen LogP contribution in [0.5, 0.6) is 17.2 Å². The lowest BCUT2D eigenvalue weighted by Crippen LogP contribution is -2.42. The molecule has 1 aliphatic heterocycles. The maximum atomic E-state index is 12.4. The highest BCUT2D eigenvalue weighted by molar-refractivity contribution is 7.80. The van der Waals surface area contributed by atoms with Crippen LogP contribution in [-0.2, 0) is 17.9 Å². The Morgan fingerprint density at radius 3 is 2.21 bits per heavy atom. The van der Waals surface area contributed by atoms with Crippen molar-refractivity contribution in [3.63, 3.8) is 0 Å². The molecule has 0 aliphatic carbocycles. The molecule has 0 bridgehead atoms. The molecule has 0 unspecified atom stereocenters. The van der Waals surface area contributed by atoms with E-state index in [2.05, 4.69) is 20.4 Å². The molecule has 0 saturated carbocycles. The van der Waals surface area contributed by atoms with E-state index in [1.807, 2.05) is 42.5 Å². The van der Waals surface area contributed by atoms with Crippen LogP contribution in [0.25, 0.3) is 0 Å². The van der Waals surface area contributed by atoms with E-state index >= 15 is 0 Å². The minimum absolute atomic E-state index is 0.0420. The van der Waals surface area contributed by atoms with Gasteiger partial charge in [0, 0.05) is 39.3 Å². The highest BCUT2D eigenvalue weighted by Gasteiger charge is 2.19. The van der Waals surface area contributed by atoms with Crippen LogP contribution in [0.2, 0.25) is 0 Å². The number of amides is 1. The summed E-state index contributed by atoms with van der Waals surface area (Å²) in [4.78, 5) is 16.7. The van der Waals surface area contributed by atoms with Gasteiger partial charge >= 0.3 is 0 Å². The predicted octanol–water partition coefficient (Wildman–Crippen LogP) is 2.41. The van der Waals surface area contributed by atoms with E-state index in [1.54, 1.807) is 21.3 Å². The van der Waals surface area contributed by atoms with Gasteiger partial charge in [-0.2, -0.15) is 0 Å². The summed E-state index contributed by atoms with van der Waals surface area (Å²) in [5.41, 5.74) is 2.07. The average Bonchev–Trinajstić information content (AvgIpc) is 3.11. The summed E-state index contributed by atoms with van der Waals surface area (Å²) < 4.78 is 16.2. The molecule has 8 nitrogen and oxygen atoms in total. The van der Waals surface area contributed by atoms with E-state index in [0.29, 0.717) is 42.0 Å². The van der Waals surface area contributed by atoms with Gasteiger partial charge in [-0.05, 0) is 41.9 Å². The van der Waals surface area contributed by atoms with E-state index in [1.165, 1.54) is 0 Å². The van der Waals surface area contributed by atoms with Gasteiger partial charge in [0.05, 0.1) is 27.9 Å². The van der Waals surface area contributed by atoms with Gasteiger partial charge in [-0.1, -0.05) is 30.3 Å². The molecule has 0 radical (unpaired) electrons. The number of nitrogens with zero attached hydrogens (tertiary/aromatic N) is 2. The molecule has 0 spiro atoms. The number of benzene rings is 2. The number of methoxy groups -OCH3 is 3. The molecule has 9 heteroatoms. The largest absolute Gasteiger partial charge is 0.493 e. The van der Waals surface area contributed by atoms with Crippen molar-refractivity contribution in [3.05, 3.63) is 53.6 Å². The van der Waals surface area contributed by atoms with Crippen LogP contribution in [0.4, 0.5) is 0 Å². The van der Waals surface area contributed by atoms with Crippen molar-refractivity contribution in [1.82, 2.24) is 20.4 Å². The molecule has 2 aromatic rings. The summed E-state index contributed by atoms with van der Waals surface area (Å²) in [6, 6.07) is 13.8. The summed E-state index contributed by atoms with van der Waals surface area (Å²) >= 11 is 5.66. The number of carbonyl (C=O) groups excluding carboxylic acids is 1. The Bertz CT molecular complexity index is 932. The van der Waals surface area contributed by atoms with Gasteiger partial charge in [-0.15, -0.1) is 0 Å². The topological polar surface area (TPSA) is 75.3 Å². The summed E-state index contributed by atoms with van der Waals surface area (Å²) in [7, 11) is 4.79. The monoisotopic (exact) mass is 486 g/mol. The Morgan fingerprint density at radius 1 is 0.882 bits per heavy atom. The first-order valence-corrected chi connectivity index (χ1v) is 11.8. The lowest BCUT2D eigenvalue weighted by molar-refractivity contribution is -0.122. The fraction of sp³-hybridized carbons (Fsp3) is 0.440. The first-order chi connectivity index (χ1) is 16.5. The SMILES string of the molecule is COc1cc(CNC(=S)N2CCCN(CC(=O)NCc3ccccc3)CC2)cc(OC)c1OC. The third kappa shape index (κ3) is 7.23. The van der Waals surface area contributed by atoms with Crippen LogP contribution in [0.1, 0.15) is 17.5 Å². The van der Waals surface area contributed by atoms with Crippen molar-refractivity contribution in [2.24, 2.45) is 0 Å². The molecule has 1 aliphatic rings. The Balaban J connectivity index is 1.46. The number of thiocarbonyl (C=S) groups is 1. The van der Waals surface area contributed by atoms with Gasteiger partial charge in [0.1, 0.15) is 0 Å². The fourth-order valence-corrected chi connectivity index (χ4v) is 4.17. The lowest BCUT2D eigenvalue weighted by Gasteiger charge is -2.25. The van der Waals surface area contributed by atoms with Crippen LogP contribution in [-0.4, -0.2) is 74.9 Å². The zero-order chi connectivity index (χ0) is 24.3. The van der Waals surface area contributed by atoms with Crippen molar-refractivity contribution in [2.45, 2.75) is 19.5 Å². The van der Waals surface area contributed by atoms with E-state index in [9.17, 15) is 4.79 Å². The van der Waals surface area contributed by atoms with Crippen molar-refractivity contribution < 1.29 is 19.0 Å². The van der Waals surface area contributed by atoms with Crippen molar-refractivity contribution in [2.75, 3.05) is 54.1 Å². The standard InChI is InChI=1S/C25H34N4O4S/c1-31-21-14-20(15-22(32-2)24(21)33-3)17-27-25(34)29-11-7-10-28(12-13-29)18-23(30)26-16-19-8-5-4-6-9-19/h4-6,8-9,14-15H,7,10-13,16-18H2,1-3H3,(H,26,30)(H,27,34). The van der Waals surface area contributed by atoms with Gasteiger partial charge in [0.15, 0.2) is 16.6 Å². The van der Waals surface area contributed by atoms with E-state index in [-0.39, 0.29) is 5.91 Å². The second-order valence-electron chi connectivity index (χ2n) is 8.07. The number of hydrogen-bond acceptors (Lipinski definition) is 6. The van der Waals surface area contributed by atoms with Crippen LogP contribution in [0, 0.1) is 0 Å². The minimum Gasteiger partial charge on any atom is -0.493 e. The van der Waals surface area contributed by atoms with Gasteiger partial charge in [-0.25, -0.2) is 0 Å². The quantitative estimate of drug-likeness (QED) is 0.524. The maximum absolute atomic E-state index is 12.4. The van der Waals surface area contributed by atoms with Crippen molar-refractivity contribution in [3.8, 4) is 17.2 Å². The van der Waals surface area contributed by atoms with Crippen LogP contribution in [0.3, 0.4) is 0 Å². The molecular formula is C25H34N4O4S. The van der Waals surface area contributed by atoms with E-state index in [0.717, 1.165) is 43.7 Å². The van der Waals surface area contributed by atoms with Crippen LogP contribution in [0.15, 0.2) is 42.5 Å². The Kier molecular flexibility index (Phi) is 9.78. The zero-order valence-corrected chi connectivity index (χ0v) is 21.0. The molecule has 1 saturated heterocycles. The second kappa shape index (κ2) is 13.0. The number of nitrogens with one attached hydrogen (secondary N) is 2. The first kappa shape index (κ1) is 25.6. The third-order valence-electron chi connectivity index (χ3n) is 5.74. The molecule has 2 aromatic carbocycles. The Morgan fingerprint density at radius 2 is 1.56 bits per heavy atom. The molecule has 34 heavy (non-hydrogen) atoms. The molecule has 2 N–H and O–H groups in total. The summed E-state index contributed by atoms with van der Waals surface area (Å²) in [6.45, 7) is 4.75. The van der Waals surface area contributed by atoms with Gasteiger partial charge in [-0.3, -0.25) is 9.69 Å². The smallest absolute Gasteiger partial charge is 0.234 e. The molecule has 1 fully saturated rings. The van der Waals surface area contributed by atoms with Crippen molar-refractivity contribution >= 4 is 23.2 Å². The van der Waals surface area contributed by atoms with Crippen LogP contribution >= 0.6 is 12.2 Å². The minimum atomic E-state index is 0.0420. The molecule has 184 valence electrons. The Hall–Kier alpha value is -3.04. The fourth-order valence-electron chi connectivity index (χ4n) is 3.91. The van der Waals surface area contributed by atoms with Gasteiger partial charge < -0.3 is 29.7 Å². The van der Waals surface area contributed by atoms with Gasteiger partial charge in [0.25, 0.3) is 0 Å². The predicted molar refractivity (Wildman–Crippen MR) is 136 cm³/mol. The normalized spacial score (nSPS) is 14.1. The lowest BCUT2D eigenvalue weighted by atomic mass is 10.2. The maximum Gasteiger partial charge on any atom is 0.234 e. The molecule has 0 atom stereocenters. The first-order valence-electron chi connectivity index (χ1n) is 11.4. The summed E-state index contributed by atoms with van der Waals surface area (Å²) in [5.74, 6) is 1.83. The molecule has 3 rings (SSSR count). The highest BCUT2D eigenvalue weighted by Crippen LogP contribution is 2.38. The molecule has 1 heterocycles. The number of carbonyl (C=O) groups is 1. The molecule has 1 amide bonds. The highest BCUT2D eigenvalue weighted by atomic mass is 32.1. The summed E-state index contributed by atoms with van der Waals surface area (Å²) in [6.07, 6.45) is 0.942.